The number of anilines is 1. The smallest absolute Gasteiger partial charge is 0.0962 e. The van der Waals surface area contributed by atoms with Gasteiger partial charge in [0, 0.05) is 11.0 Å². The molecule has 0 fully saturated rings. The zero-order valence-electron chi connectivity index (χ0n) is 9.61. The molecule has 4 heteroatoms. The van der Waals surface area contributed by atoms with Crippen molar-refractivity contribution in [2.75, 3.05) is 11.9 Å². The summed E-state index contributed by atoms with van der Waals surface area (Å²) in [6, 6.07) is 15.1. The molecule has 0 aliphatic rings. The van der Waals surface area contributed by atoms with Crippen LogP contribution in [-0.4, -0.2) is 11.7 Å². The fraction of sp³-hybridized carbons (Fsp3) is 0.143. The predicted molar refractivity (Wildman–Crippen MR) is 79.0 cm³/mol. The molecule has 0 saturated heterocycles. The van der Waals surface area contributed by atoms with Crippen LogP contribution in [-0.2, 0) is 0 Å². The zero-order valence-corrected chi connectivity index (χ0v) is 11.9. The van der Waals surface area contributed by atoms with Crippen molar-refractivity contribution in [3.8, 4) is 0 Å². The third-order valence-electron chi connectivity index (χ3n) is 2.60. The molecule has 2 aromatic rings. The van der Waals surface area contributed by atoms with Gasteiger partial charge in [0.15, 0.2) is 0 Å². The van der Waals surface area contributed by atoms with Crippen LogP contribution in [0, 0.1) is 0 Å². The molecule has 0 aliphatic heterocycles. The second-order valence-corrected chi connectivity index (χ2v) is 5.25. The zero-order chi connectivity index (χ0) is 13.0. The largest absolute Gasteiger partial charge is 0.387 e. The number of hydrogen-bond donors (Lipinski definition) is 2. The van der Waals surface area contributed by atoms with E-state index in [4.69, 9.17) is 11.6 Å². The van der Waals surface area contributed by atoms with E-state index in [0.29, 0.717) is 11.6 Å². The van der Waals surface area contributed by atoms with Gasteiger partial charge in [-0.2, -0.15) is 0 Å². The first-order valence-electron chi connectivity index (χ1n) is 5.59. The minimum Gasteiger partial charge on any atom is -0.387 e. The standard InChI is InChI=1S/C14H13BrClNO/c15-11-6-7-13(12(16)8-11)17-9-14(18)10-4-2-1-3-5-10/h1-8,14,17-18H,9H2. The molecule has 1 atom stereocenters. The Morgan fingerprint density at radius 3 is 2.56 bits per heavy atom. The van der Waals surface area contributed by atoms with Crippen LogP contribution in [0.3, 0.4) is 0 Å². The summed E-state index contributed by atoms with van der Waals surface area (Å²) in [6.45, 7) is 0.422. The van der Waals surface area contributed by atoms with Gasteiger partial charge in [-0.05, 0) is 23.8 Å². The topological polar surface area (TPSA) is 32.3 Å². The lowest BCUT2D eigenvalue weighted by Gasteiger charge is -2.14. The predicted octanol–water partition coefficient (Wildman–Crippen LogP) is 4.25. The number of aliphatic hydroxyl groups excluding tert-OH is 1. The highest BCUT2D eigenvalue weighted by Gasteiger charge is 2.07. The second-order valence-electron chi connectivity index (χ2n) is 3.93. The average molecular weight is 327 g/mol. The highest BCUT2D eigenvalue weighted by atomic mass is 79.9. The van der Waals surface area contributed by atoms with Gasteiger partial charge < -0.3 is 10.4 Å². The van der Waals surface area contributed by atoms with Gasteiger partial charge in [-0.25, -0.2) is 0 Å². The summed E-state index contributed by atoms with van der Waals surface area (Å²) in [5.74, 6) is 0. The Morgan fingerprint density at radius 1 is 1.17 bits per heavy atom. The van der Waals surface area contributed by atoms with Crippen molar-refractivity contribution < 1.29 is 5.11 Å². The maximum absolute atomic E-state index is 10.0. The quantitative estimate of drug-likeness (QED) is 0.880. The number of nitrogens with one attached hydrogen (secondary N) is 1. The van der Waals surface area contributed by atoms with E-state index in [-0.39, 0.29) is 0 Å². The van der Waals surface area contributed by atoms with E-state index in [9.17, 15) is 5.11 Å². The van der Waals surface area contributed by atoms with Crippen molar-refractivity contribution in [1.82, 2.24) is 0 Å². The maximum Gasteiger partial charge on any atom is 0.0962 e. The molecule has 1 unspecified atom stereocenters. The third kappa shape index (κ3) is 3.48. The van der Waals surface area contributed by atoms with Crippen molar-refractivity contribution in [2.24, 2.45) is 0 Å². The molecule has 0 bridgehead atoms. The van der Waals surface area contributed by atoms with Gasteiger partial charge in [0.2, 0.25) is 0 Å². The number of hydrogen-bond acceptors (Lipinski definition) is 2. The van der Waals surface area contributed by atoms with Gasteiger partial charge in [0.05, 0.1) is 16.8 Å². The van der Waals surface area contributed by atoms with Crippen molar-refractivity contribution in [1.29, 1.82) is 0 Å². The lowest BCUT2D eigenvalue weighted by Crippen LogP contribution is -2.12. The summed E-state index contributed by atoms with van der Waals surface area (Å²) in [5, 5.41) is 13.8. The molecule has 0 spiro atoms. The molecular weight excluding hydrogens is 314 g/mol. The SMILES string of the molecule is OC(CNc1ccc(Br)cc1Cl)c1ccccc1. The molecule has 2 aromatic carbocycles. The van der Waals surface area contributed by atoms with Crippen LogP contribution < -0.4 is 5.32 Å². The molecule has 94 valence electrons. The summed E-state index contributed by atoms with van der Waals surface area (Å²) in [7, 11) is 0. The molecule has 0 saturated carbocycles. The van der Waals surface area contributed by atoms with Gasteiger partial charge in [-0.15, -0.1) is 0 Å². The van der Waals surface area contributed by atoms with Gasteiger partial charge in [-0.1, -0.05) is 57.9 Å². The van der Waals surface area contributed by atoms with Crippen molar-refractivity contribution in [3.63, 3.8) is 0 Å². The summed E-state index contributed by atoms with van der Waals surface area (Å²) in [4.78, 5) is 0. The maximum atomic E-state index is 10.0. The average Bonchev–Trinajstić information content (AvgIpc) is 2.38. The summed E-state index contributed by atoms with van der Waals surface area (Å²) >= 11 is 9.44. The van der Waals surface area contributed by atoms with Crippen LogP contribution in [0.25, 0.3) is 0 Å². The molecule has 2 rings (SSSR count). The summed E-state index contributed by atoms with van der Waals surface area (Å²) in [6.07, 6.45) is -0.550. The van der Waals surface area contributed by atoms with E-state index in [0.717, 1.165) is 15.7 Å². The number of rotatable bonds is 4. The van der Waals surface area contributed by atoms with Gasteiger partial charge in [0.25, 0.3) is 0 Å². The lowest BCUT2D eigenvalue weighted by molar-refractivity contribution is 0.191. The highest BCUT2D eigenvalue weighted by Crippen LogP contribution is 2.26. The summed E-state index contributed by atoms with van der Waals surface area (Å²) in [5.41, 5.74) is 1.70. The van der Waals surface area contributed by atoms with Gasteiger partial charge in [-0.3, -0.25) is 0 Å². The number of halogens is 2. The van der Waals surface area contributed by atoms with E-state index < -0.39 is 6.10 Å². The van der Waals surface area contributed by atoms with Crippen LogP contribution in [0.4, 0.5) is 5.69 Å². The Balaban J connectivity index is 1.99. The van der Waals surface area contributed by atoms with Crippen molar-refractivity contribution >= 4 is 33.2 Å². The summed E-state index contributed by atoms with van der Waals surface area (Å²) < 4.78 is 0.932. The van der Waals surface area contributed by atoms with Crippen LogP contribution >= 0.6 is 27.5 Å². The highest BCUT2D eigenvalue weighted by molar-refractivity contribution is 9.10. The first-order valence-corrected chi connectivity index (χ1v) is 6.76. The van der Waals surface area contributed by atoms with E-state index in [1.807, 2.05) is 48.5 Å². The molecule has 0 radical (unpaired) electrons. The number of aliphatic hydroxyl groups is 1. The Kier molecular flexibility index (Phi) is 4.64. The van der Waals surface area contributed by atoms with E-state index in [2.05, 4.69) is 21.2 Å². The Morgan fingerprint density at radius 2 is 1.89 bits per heavy atom. The van der Waals surface area contributed by atoms with Crippen LogP contribution in [0.2, 0.25) is 5.02 Å². The van der Waals surface area contributed by atoms with Crippen LogP contribution in [0.15, 0.2) is 53.0 Å². The molecule has 0 heterocycles. The molecule has 0 aromatic heterocycles. The second kappa shape index (κ2) is 6.23. The molecule has 2 nitrogen and oxygen atoms in total. The fourth-order valence-corrected chi connectivity index (χ4v) is 2.37. The lowest BCUT2D eigenvalue weighted by atomic mass is 10.1. The first kappa shape index (κ1) is 13.4. The normalized spacial score (nSPS) is 12.2. The van der Waals surface area contributed by atoms with E-state index >= 15 is 0 Å². The molecule has 2 N–H and O–H groups in total. The fourth-order valence-electron chi connectivity index (χ4n) is 1.63. The number of benzene rings is 2. The van der Waals surface area contributed by atoms with Crippen molar-refractivity contribution in [3.05, 3.63) is 63.6 Å². The minimum atomic E-state index is -0.550. The third-order valence-corrected chi connectivity index (χ3v) is 3.41. The van der Waals surface area contributed by atoms with Crippen LogP contribution in [0.5, 0.6) is 0 Å². The molecular formula is C14H13BrClNO. The van der Waals surface area contributed by atoms with Gasteiger partial charge in [0.1, 0.15) is 0 Å². The molecule has 18 heavy (non-hydrogen) atoms. The van der Waals surface area contributed by atoms with Crippen molar-refractivity contribution in [2.45, 2.75) is 6.10 Å². The minimum absolute atomic E-state index is 0.422. The first-order chi connectivity index (χ1) is 8.66. The monoisotopic (exact) mass is 325 g/mol. The van der Waals surface area contributed by atoms with E-state index in [1.54, 1.807) is 0 Å². The Hall–Kier alpha value is -1.03. The Labute approximate surface area is 120 Å². The van der Waals surface area contributed by atoms with E-state index in [1.165, 1.54) is 0 Å². The molecule has 0 amide bonds. The van der Waals surface area contributed by atoms with Gasteiger partial charge >= 0.3 is 0 Å². The van der Waals surface area contributed by atoms with Crippen LogP contribution in [0.1, 0.15) is 11.7 Å². The molecule has 0 aliphatic carbocycles. The Bertz CT molecular complexity index is 518.